The average molecular weight is 477 g/mol. The molecule has 0 fully saturated rings. The maximum absolute atomic E-state index is 6.42. The minimum absolute atomic E-state index is 0. The first kappa shape index (κ1) is 26.1. The Hall–Kier alpha value is -0.940. The lowest BCUT2D eigenvalue weighted by atomic mass is 10.1. The summed E-state index contributed by atoms with van der Waals surface area (Å²) >= 11 is 12.5. The normalized spacial score (nSPS) is 10.8. The number of aromatic nitrogens is 1. The number of rotatable bonds is 8. The van der Waals surface area contributed by atoms with Gasteiger partial charge in [0.05, 0.1) is 0 Å². The van der Waals surface area contributed by atoms with Crippen molar-refractivity contribution in [2.45, 2.75) is 26.4 Å². The third-order valence-corrected chi connectivity index (χ3v) is 5.55. The zero-order chi connectivity index (χ0) is 19.4. The molecule has 0 saturated heterocycles. The summed E-state index contributed by atoms with van der Waals surface area (Å²) in [5, 5.41) is 6.29. The second-order valence-corrected chi connectivity index (χ2v) is 8.08. The van der Waals surface area contributed by atoms with Crippen LogP contribution in [0.2, 0.25) is 10.0 Å². The summed E-state index contributed by atoms with van der Waals surface area (Å²) in [6.45, 7) is 5.92. The van der Waals surface area contributed by atoms with Crippen LogP contribution in [0.3, 0.4) is 0 Å². The van der Waals surface area contributed by atoms with Crippen LogP contribution in [-0.2, 0) is 13.1 Å². The zero-order valence-electron chi connectivity index (χ0n) is 17.0. The van der Waals surface area contributed by atoms with Gasteiger partial charge in [0.25, 0.3) is 0 Å². The Morgan fingerprint density at radius 1 is 1.03 bits per heavy atom. The standard InChI is InChI=1S/C22H27Cl2N3.2ClH/c1-16-20(14-25-11-6-12-26(2)3)19-7-4-5-8-22(19)27(16)15-17-9-10-18(23)13-21(17)24;;/h4-5,7-10,13,25H,6,11-12,14-15H2,1-3H3;2*1H. The molecular weight excluding hydrogens is 448 g/mol. The highest BCUT2D eigenvalue weighted by Crippen LogP contribution is 2.29. The molecule has 1 heterocycles. The zero-order valence-corrected chi connectivity index (χ0v) is 20.2. The molecule has 2 aromatic carbocycles. The van der Waals surface area contributed by atoms with Gasteiger partial charge in [0.2, 0.25) is 0 Å². The van der Waals surface area contributed by atoms with E-state index >= 15 is 0 Å². The largest absolute Gasteiger partial charge is 0.340 e. The first-order valence-corrected chi connectivity index (χ1v) is 10.1. The van der Waals surface area contributed by atoms with Gasteiger partial charge in [0.15, 0.2) is 0 Å². The fourth-order valence-electron chi connectivity index (χ4n) is 3.48. The minimum atomic E-state index is 0. The highest BCUT2D eigenvalue weighted by Gasteiger charge is 2.14. The van der Waals surface area contributed by atoms with Crippen LogP contribution in [0.25, 0.3) is 10.9 Å². The molecule has 0 amide bonds. The monoisotopic (exact) mass is 475 g/mol. The molecule has 0 aliphatic rings. The Morgan fingerprint density at radius 2 is 1.76 bits per heavy atom. The first-order valence-electron chi connectivity index (χ1n) is 9.33. The molecule has 0 atom stereocenters. The van der Waals surface area contributed by atoms with Crippen LogP contribution >= 0.6 is 48.0 Å². The highest BCUT2D eigenvalue weighted by atomic mass is 35.5. The van der Waals surface area contributed by atoms with Gasteiger partial charge in [-0.05, 0) is 69.9 Å². The van der Waals surface area contributed by atoms with Crippen molar-refractivity contribution >= 4 is 58.9 Å². The van der Waals surface area contributed by atoms with Gasteiger partial charge in [-0.15, -0.1) is 24.8 Å². The molecule has 0 radical (unpaired) electrons. The molecular formula is C22H29Cl4N3. The van der Waals surface area contributed by atoms with Gasteiger partial charge >= 0.3 is 0 Å². The minimum Gasteiger partial charge on any atom is -0.340 e. The smallest absolute Gasteiger partial charge is 0.0493 e. The van der Waals surface area contributed by atoms with Crippen molar-refractivity contribution in [2.24, 2.45) is 0 Å². The molecule has 0 bridgehead atoms. The molecule has 3 nitrogen and oxygen atoms in total. The molecule has 160 valence electrons. The van der Waals surface area contributed by atoms with Crippen LogP contribution in [0.5, 0.6) is 0 Å². The molecule has 0 saturated carbocycles. The maximum Gasteiger partial charge on any atom is 0.0493 e. The second kappa shape index (κ2) is 12.0. The van der Waals surface area contributed by atoms with Gasteiger partial charge < -0.3 is 14.8 Å². The van der Waals surface area contributed by atoms with Gasteiger partial charge in [0, 0.05) is 39.7 Å². The van der Waals surface area contributed by atoms with Crippen LogP contribution in [0.4, 0.5) is 0 Å². The topological polar surface area (TPSA) is 20.2 Å². The number of fused-ring (bicyclic) bond motifs is 1. The van der Waals surface area contributed by atoms with Gasteiger partial charge in [-0.3, -0.25) is 0 Å². The third-order valence-electron chi connectivity index (χ3n) is 4.97. The van der Waals surface area contributed by atoms with Crippen molar-refractivity contribution in [1.82, 2.24) is 14.8 Å². The van der Waals surface area contributed by atoms with Crippen LogP contribution in [0.1, 0.15) is 23.2 Å². The van der Waals surface area contributed by atoms with E-state index in [4.69, 9.17) is 23.2 Å². The first-order chi connectivity index (χ1) is 13.0. The fourth-order valence-corrected chi connectivity index (χ4v) is 3.95. The Bertz CT molecular complexity index is 922. The fraction of sp³-hybridized carbons (Fsp3) is 0.364. The lowest BCUT2D eigenvalue weighted by molar-refractivity contribution is 0.394. The van der Waals surface area contributed by atoms with Crippen molar-refractivity contribution in [3.8, 4) is 0 Å². The summed E-state index contributed by atoms with van der Waals surface area (Å²) in [7, 11) is 4.22. The van der Waals surface area contributed by atoms with E-state index in [1.807, 2.05) is 18.2 Å². The molecule has 1 N–H and O–H groups in total. The third kappa shape index (κ3) is 6.52. The highest BCUT2D eigenvalue weighted by molar-refractivity contribution is 6.35. The number of para-hydroxylation sites is 1. The van der Waals surface area contributed by atoms with E-state index in [1.165, 1.54) is 22.2 Å². The molecule has 0 aliphatic heterocycles. The van der Waals surface area contributed by atoms with E-state index < -0.39 is 0 Å². The van der Waals surface area contributed by atoms with E-state index in [-0.39, 0.29) is 24.8 Å². The van der Waals surface area contributed by atoms with Gasteiger partial charge in [-0.25, -0.2) is 0 Å². The molecule has 0 unspecified atom stereocenters. The number of hydrogen-bond donors (Lipinski definition) is 1. The molecule has 1 aromatic heterocycles. The summed E-state index contributed by atoms with van der Waals surface area (Å²) in [6.07, 6.45) is 1.14. The van der Waals surface area contributed by atoms with Crippen LogP contribution in [-0.4, -0.2) is 36.7 Å². The Kier molecular flexibility index (Phi) is 10.8. The molecule has 7 heteroatoms. The molecule has 0 spiro atoms. The van der Waals surface area contributed by atoms with E-state index in [1.54, 1.807) is 0 Å². The predicted molar refractivity (Wildman–Crippen MR) is 132 cm³/mol. The number of nitrogens with zero attached hydrogens (tertiary/aromatic N) is 2. The SMILES string of the molecule is Cc1c(CNCCCN(C)C)c2ccccc2n1Cc1ccc(Cl)cc1Cl.Cl.Cl. The van der Waals surface area contributed by atoms with E-state index in [9.17, 15) is 0 Å². The van der Waals surface area contributed by atoms with Crippen molar-refractivity contribution in [2.75, 3.05) is 27.2 Å². The van der Waals surface area contributed by atoms with Crippen LogP contribution < -0.4 is 5.32 Å². The molecule has 0 aliphatic carbocycles. The lowest BCUT2D eigenvalue weighted by Crippen LogP contribution is -2.21. The average Bonchev–Trinajstić information content (AvgIpc) is 2.89. The van der Waals surface area contributed by atoms with Crippen molar-refractivity contribution in [3.05, 3.63) is 69.3 Å². The lowest BCUT2D eigenvalue weighted by Gasteiger charge is -2.12. The van der Waals surface area contributed by atoms with E-state index in [2.05, 4.69) is 60.1 Å². The molecule has 29 heavy (non-hydrogen) atoms. The Morgan fingerprint density at radius 3 is 2.45 bits per heavy atom. The number of benzene rings is 2. The quantitative estimate of drug-likeness (QED) is 0.391. The molecule has 3 aromatic rings. The number of nitrogens with one attached hydrogen (secondary N) is 1. The van der Waals surface area contributed by atoms with Gasteiger partial charge in [0.1, 0.15) is 0 Å². The predicted octanol–water partition coefficient (Wildman–Crippen LogP) is 6.19. The van der Waals surface area contributed by atoms with Gasteiger partial charge in [-0.1, -0.05) is 47.5 Å². The van der Waals surface area contributed by atoms with Crippen molar-refractivity contribution in [1.29, 1.82) is 0 Å². The van der Waals surface area contributed by atoms with Gasteiger partial charge in [-0.2, -0.15) is 0 Å². The summed E-state index contributed by atoms with van der Waals surface area (Å²) in [6, 6.07) is 14.3. The number of hydrogen-bond acceptors (Lipinski definition) is 2. The van der Waals surface area contributed by atoms with E-state index in [0.29, 0.717) is 10.0 Å². The van der Waals surface area contributed by atoms with Crippen molar-refractivity contribution < 1.29 is 0 Å². The number of halogens is 4. The second-order valence-electron chi connectivity index (χ2n) is 7.24. The summed E-state index contributed by atoms with van der Waals surface area (Å²) in [5.41, 5.74) is 4.96. The van der Waals surface area contributed by atoms with Crippen LogP contribution in [0.15, 0.2) is 42.5 Å². The van der Waals surface area contributed by atoms with E-state index in [0.717, 1.165) is 38.2 Å². The molecule has 3 rings (SSSR count). The summed E-state index contributed by atoms with van der Waals surface area (Å²) in [4.78, 5) is 2.22. The van der Waals surface area contributed by atoms with Crippen molar-refractivity contribution in [3.63, 3.8) is 0 Å². The summed E-state index contributed by atoms with van der Waals surface area (Å²) < 4.78 is 2.35. The maximum atomic E-state index is 6.42. The Labute approximate surface area is 196 Å². The summed E-state index contributed by atoms with van der Waals surface area (Å²) in [5.74, 6) is 0. The Balaban J connectivity index is 0.00000210. The van der Waals surface area contributed by atoms with Crippen LogP contribution in [0, 0.1) is 6.92 Å².